The predicted molar refractivity (Wildman–Crippen MR) is 193 cm³/mol. The van der Waals surface area contributed by atoms with Gasteiger partial charge in [-0.3, -0.25) is 24.0 Å². The molecule has 258 valence electrons. The van der Waals surface area contributed by atoms with Gasteiger partial charge in [0.2, 0.25) is 5.91 Å². The van der Waals surface area contributed by atoms with Crippen LogP contribution in [-0.4, -0.2) is 54.7 Å². The minimum Gasteiger partial charge on any atom is -0.464 e. The third kappa shape index (κ3) is 9.03. The number of nitrogens with one attached hydrogen (secondary N) is 2. The number of hydrogen-bond acceptors (Lipinski definition) is 6. The smallest absolute Gasteiger partial charge is 0.302 e. The highest BCUT2D eigenvalue weighted by atomic mass is 35.5. The molecule has 2 N–H and O–H groups in total. The Bertz CT molecular complexity index is 1970. The highest BCUT2D eigenvalue weighted by Gasteiger charge is 2.34. The van der Waals surface area contributed by atoms with Gasteiger partial charge in [0, 0.05) is 51.8 Å². The number of carbonyl (C=O) groups is 5. The van der Waals surface area contributed by atoms with Crippen molar-refractivity contribution < 1.29 is 28.7 Å². The van der Waals surface area contributed by atoms with Gasteiger partial charge in [-0.05, 0) is 59.2 Å². The van der Waals surface area contributed by atoms with Crippen LogP contribution in [0, 0.1) is 0 Å². The first-order valence-electron chi connectivity index (χ1n) is 15.5. The Morgan fingerprint density at radius 1 is 0.740 bits per heavy atom. The molecule has 2 aliphatic heterocycles. The normalized spacial score (nSPS) is 16.9. The van der Waals surface area contributed by atoms with E-state index in [2.05, 4.69) is 10.6 Å². The standard InChI is InChI=1S/C20H18Cl2N2O4.C17H13Cl2NO2/c1-12(25)28-9-8-24-18-7-6-14(21)11-15(18)19(26)23-17(20(24)27)10-13-4-2-3-5-16(13)22;18-12-6-5-10-8-16(21)15(20-17(22)13(10)9-12)7-11-3-1-2-4-14(11)19/h2-7,11,17H,8-10H2,1H3,(H,23,26);1-6,9,15H,7-8H2,(H,20,22). The molecule has 2 unspecified atom stereocenters. The number of rotatable bonds is 7. The Hall–Kier alpha value is -4.41. The third-order valence-corrected chi connectivity index (χ3v) is 9.33. The summed E-state index contributed by atoms with van der Waals surface area (Å²) in [6, 6.07) is 22.8. The Kier molecular flexibility index (Phi) is 12.2. The van der Waals surface area contributed by atoms with Crippen LogP contribution in [0.15, 0.2) is 84.9 Å². The minimum absolute atomic E-state index is 0.0101. The molecule has 0 bridgehead atoms. The Balaban J connectivity index is 0.000000200. The second kappa shape index (κ2) is 16.5. The van der Waals surface area contributed by atoms with Crippen molar-refractivity contribution in [2.24, 2.45) is 0 Å². The van der Waals surface area contributed by atoms with Crippen molar-refractivity contribution in [2.75, 3.05) is 18.1 Å². The lowest BCUT2D eigenvalue weighted by molar-refractivity contribution is -0.141. The van der Waals surface area contributed by atoms with Gasteiger partial charge in [0.15, 0.2) is 5.78 Å². The van der Waals surface area contributed by atoms with Crippen molar-refractivity contribution in [3.63, 3.8) is 0 Å². The lowest BCUT2D eigenvalue weighted by atomic mass is 9.98. The van der Waals surface area contributed by atoms with Crippen molar-refractivity contribution in [1.29, 1.82) is 0 Å². The van der Waals surface area contributed by atoms with Gasteiger partial charge in [-0.1, -0.05) is 88.9 Å². The number of hydrogen-bond donors (Lipinski definition) is 2. The summed E-state index contributed by atoms with van der Waals surface area (Å²) in [7, 11) is 0. The van der Waals surface area contributed by atoms with Crippen LogP contribution >= 0.6 is 46.4 Å². The molecule has 0 aliphatic carbocycles. The molecular weight excluding hydrogens is 724 g/mol. The number of benzene rings is 4. The summed E-state index contributed by atoms with van der Waals surface area (Å²) in [5.41, 5.74) is 3.45. The van der Waals surface area contributed by atoms with E-state index in [4.69, 9.17) is 51.1 Å². The van der Waals surface area contributed by atoms with Crippen LogP contribution in [0.1, 0.15) is 44.3 Å². The quantitative estimate of drug-likeness (QED) is 0.203. The molecule has 13 heteroatoms. The number of ether oxygens (including phenoxy) is 1. The maximum Gasteiger partial charge on any atom is 0.302 e. The molecule has 3 amide bonds. The van der Waals surface area contributed by atoms with E-state index < -0.39 is 24.0 Å². The Morgan fingerprint density at radius 3 is 1.90 bits per heavy atom. The number of ketones is 1. The molecule has 0 saturated heterocycles. The van der Waals surface area contributed by atoms with Crippen LogP contribution in [0.4, 0.5) is 5.69 Å². The minimum atomic E-state index is -0.823. The van der Waals surface area contributed by atoms with Crippen molar-refractivity contribution in [3.05, 3.63) is 133 Å². The number of nitrogens with zero attached hydrogens (tertiary/aromatic N) is 1. The van der Waals surface area contributed by atoms with Gasteiger partial charge in [-0.15, -0.1) is 0 Å². The van der Waals surface area contributed by atoms with Crippen LogP contribution in [0.3, 0.4) is 0 Å². The van der Waals surface area contributed by atoms with E-state index in [0.717, 1.165) is 11.1 Å². The molecule has 0 aromatic heterocycles. The predicted octanol–water partition coefficient (Wildman–Crippen LogP) is 6.70. The van der Waals surface area contributed by atoms with Gasteiger partial charge in [0.05, 0.1) is 23.8 Å². The average molecular weight is 755 g/mol. The van der Waals surface area contributed by atoms with E-state index in [9.17, 15) is 24.0 Å². The fourth-order valence-corrected chi connectivity index (χ4v) is 6.42. The number of anilines is 1. The largest absolute Gasteiger partial charge is 0.464 e. The molecule has 0 saturated carbocycles. The molecule has 2 heterocycles. The number of esters is 1. The fraction of sp³-hybridized carbons (Fsp3) is 0.216. The molecule has 0 fully saturated rings. The zero-order valence-corrected chi connectivity index (χ0v) is 29.7. The molecule has 50 heavy (non-hydrogen) atoms. The summed E-state index contributed by atoms with van der Waals surface area (Å²) in [4.78, 5) is 63.3. The fourth-order valence-electron chi connectivity index (χ4n) is 5.65. The van der Waals surface area contributed by atoms with Crippen LogP contribution < -0.4 is 15.5 Å². The number of fused-ring (bicyclic) bond motifs is 2. The Labute approximate surface area is 308 Å². The van der Waals surface area contributed by atoms with Crippen LogP contribution in [0.5, 0.6) is 0 Å². The average Bonchev–Trinajstić information content (AvgIpc) is 3.25. The lowest BCUT2D eigenvalue weighted by Gasteiger charge is -2.25. The molecule has 0 spiro atoms. The molecule has 0 radical (unpaired) electrons. The van der Waals surface area contributed by atoms with E-state index in [0.29, 0.717) is 43.3 Å². The molecule has 2 atom stereocenters. The van der Waals surface area contributed by atoms with Crippen molar-refractivity contribution in [1.82, 2.24) is 10.6 Å². The van der Waals surface area contributed by atoms with Crippen molar-refractivity contribution in [3.8, 4) is 0 Å². The number of Topliss-reactive ketones (excluding diaryl/α,β-unsaturated/α-hetero) is 1. The van der Waals surface area contributed by atoms with Crippen molar-refractivity contribution >= 4 is 81.6 Å². The molecule has 4 aromatic carbocycles. The molecule has 2 aliphatic rings. The van der Waals surface area contributed by atoms with Gasteiger partial charge in [-0.2, -0.15) is 0 Å². The topological polar surface area (TPSA) is 122 Å². The monoisotopic (exact) mass is 753 g/mol. The maximum absolute atomic E-state index is 13.2. The number of carbonyl (C=O) groups excluding carboxylic acids is 5. The molecular formula is C37H31Cl4N3O6. The molecule has 6 rings (SSSR count). The molecule has 9 nitrogen and oxygen atoms in total. The zero-order valence-electron chi connectivity index (χ0n) is 26.7. The van der Waals surface area contributed by atoms with E-state index in [1.165, 1.54) is 17.9 Å². The van der Waals surface area contributed by atoms with E-state index in [1.54, 1.807) is 54.6 Å². The summed E-state index contributed by atoms with van der Waals surface area (Å²) >= 11 is 24.3. The summed E-state index contributed by atoms with van der Waals surface area (Å²) in [5, 5.41) is 7.51. The summed E-state index contributed by atoms with van der Waals surface area (Å²) in [5.74, 6) is -1.48. The SMILES string of the molecule is CC(=O)OCCN1C(=O)C(Cc2ccccc2Cl)NC(=O)c2cc(Cl)ccc21.O=C1NC(Cc2ccccc2Cl)C(=O)Cc2ccc(Cl)cc21. The summed E-state index contributed by atoms with van der Waals surface area (Å²) in [6.07, 6.45) is 0.822. The van der Waals surface area contributed by atoms with Gasteiger partial charge >= 0.3 is 5.97 Å². The molecule has 4 aromatic rings. The van der Waals surface area contributed by atoms with Gasteiger partial charge in [-0.25, -0.2) is 0 Å². The van der Waals surface area contributed by atoms with E-state index >= 15 is 0 Å². The highest BCUT2D eigenvalue weighted by molar-refractivity contribution is 6.32. The van der Waals surface area contributed by atoms with Crippen LogP contribution in [0.2, 0.25) is 20.1 Å². The first kappa shape index (κ1) is 36.9. The van der Waals surface area contributed by atoms with Crippen molar-refractivity contribution in [2.45, 2.75) is 38.3 Å². The second-order valence-electron chi connectivity index (χ2n) is 11.6. The first-order valence-corrected chi connectivity index (χ1v) is 17.1. The maximum atomic E-state index is 13.2. The van der Waals surface area contributed by atoms with Crippen LogP contribution in [0.25, 0.3) is 0 Å². The summed E-state index contributed by atoms with van der Waals surface area (Å²) in [6.45, 7) is 1.42. The van der Waals surface area contributed by atoms with E-state index in [-0.39, 0.29) is 49.2 Å². The zero-order chi connectivity index (χ0) is 35.9. The second-order valence-corrected chi connectivity index (χ2v) is 13.3. The summed E-state index contributed by atoms with van der Waals surface area (Å²) < 4.78 is 4.99. The third-order valence-electron chi connectivity index (χ3n) is 8.12. The van der Waals surface area contributed by atoms with Gasteiger partial charge in [0.1, 0.15) is 12.6 Å². The Morgan fingerprint density at radius 2 is 1.28 bits per heavy atom. The number of halogens is 4. The number of amides is 3. The lowest BCUT2D eigenvalue weighted by Crippen LogP contribution is -2.48. The first-order chi connectivity index (χ1) is 23.9. The van der Waals surface area contributed by atoms with Gasteiger partial charge in [0.25, 0.3) is 11.8 Å². The van der Waals surface area contributed by atoms with Gasteiger partial charge < -0.3 is 20.3 Å². The van der Waals surface area contributed by atoms with Crippen LogP contribution in [-0.2, 0) is 38.4 Å². The van der Waals surface area contributed by atoms with E-state index in [1.807, 2.05) is 24.3 Å². The highest BCUT2D eigenvalue weighted by Crippen LogP contribution is 2.29.